The Labute approximate surface area is 93.6 Å². The van der Waals surface area contributed by atoms with Crippen molar-refractivity contribution in [1.82, 2.24) is 5.32 Å². The van der Waals surface area contributed by atoms with Crippen molar-refractivity contribution in [3.05, 3.63) is 0 Å². The number of carboxylic acid groups (broad SMARTS) is 1. The van der Waals surface area contributed by atoms with Crippen LogP contribution in [0.2, 0.25) is 0 Å². The number of amides is 1. The Bertz CT molecular complexity index is 210. The molecule has 1 unspecified atom stereocenters. The van der Waals surface area contributed by atoms with Crippen molar-refractivity contribution in [2.24, 2.45) is 0 Å². The van der Waals surface area contributed by atoms with E-state index in [0.29, 0.717) is 12.4 Å². The van der Waals surface area contributed by atoms with E-state index >= 15 is 0 Å². The number of hydrogen-bond acceptors (Lipinski definition) is 4. The SMILES string of the molecule is COCCCSCC(NC(C)=O)C(=O)O. The number of hydrogen-bond donors (Lipinski definition) is 2. The van der Waals surface area contributed by atoms with Gasteiger partial charge in [0.2, 0.25) is 5.91 Å². The molecule has 0 aliphatic heterocycles. The lowest BCUT2D eigenvalue weighted by atomic mass is 10.3. The maximum Gasteiger partial charge on any atom is 0.327 e. The zero-order valence-corrected chi connectivity index (χ0v) is 9.80. The predicted octanol–water partition coefficient (Wildman–Crippen LogP) is 0.345. The fourth-order valence-corrected chi connectivity index (χ4v) is 1.88. The molecule has 0 heterocycles. The number of nitrogens with one attached hydrogen (secondary N) is 1. The van der Waals surface area contributed by atoms with Gasteiger partial charge in [-0.05, 0) is 12.2 Å². The Hall–Kier alpha value is -0.750. The quantitative estimate of drug-likeness (QED) is 0.594. The molecule has 0 rings (SSSR count). The standard InChI is InChI=1S/C9H17NO4S/c1-7(11)10-8(9(12)13)6-15-5-3-4-14-2/h8H,3-6H2,1-2H3,(H,10,11)(H,12,13). The Kier molecular flexibility index (Phi) is 8.12. The predicted molar refractivity (Wildman–Crippen MR) is 59.1 cm³/mol. The highest BCUT2D eigenvalue weighted by Crippen LogP contribution is 2.05. The van der Waals surface area contributed by atoms with Crippen LogP contribution in [0.15, 0.2) is 0 Å². The number of rotatable bonds is 8. The fraction of sp³-hybridized carbons (Fsp3) is 0.778. The van der Waals surface area contributed by atoms with Crippen molar-refractivity contribution in [2.45, 2.75) is 19.4 Å². The zero-order valence-electron chi connectivity index (χ0n) is 8.99. The van der Waals surface area contributed by atoms with E-state index in [1.54, 1.807) is 7.11 Å². The molecule has 1 atom stereocenters. The molecule has 0 aromatic heterocycles. The molecule has 0 aromatic carbocycles. The van der Waals surface area contributed by atoms with Crippen molar-refractivity contribution in [3.63, 3.8) is 0 Å². The first kappa shape index (κ1) is 14.2. The Morgan fingerprint density at radius 3 is 2.67 bits per heavy atom. The Morgan fingerprint density at radius 1 is 1.53 bits per heavy atom. The number of methoxy groups -OCH3 is 1. The smallest absolute Gasteiger partial charge is 0.327 e. The summed E-state index contributed by atoms with van der Waals surface area (Å²) >= 11 is 1.50. The first-order valence-corrected chi connectivity index (χ1v) is 5.80. The van der Waals surface area contributed by atoms with Crippen LogP contribution in [0.4, 0.5) is 0 Å². The molecule has 15 heavy (non-hydrogen) atoms. The minimum Gasteiger partial charge on any atom is -0.480 e. The second-order valence-corrected chi connectivity index (χ2v) is 4.16. The third-order valence-electron chi connectivity index (χ3n) is 1.60. The average Bonchev–Trinajstić information content (AvgIpc) is 2.15. The number of aliphatic carboxylic acids is 1. The Morgan fingerprint density at radius 2 is 2.20 bits per heavy atom. The summed E-state index contributed by atoms with van der Waals surface area (Å²) in [5.41, 5.74) is 0. The van der Waals surface area contributed by atoms with Gasteiger partial charge in [-0.15, -0.1) is 0 Å². The molecule has 0 fully saturated rings. The van der Waals surface area contributed by atoms with Gasteiger partial charge in [0.1, 0.15) is 6.04 Å². The maximum absolute atomic E-state index is 10.7. The van der Waals surface area contributed by atoms with Crippen molar-refractivity contribution in [2.75, 3.05) is 25.2 Å². The molecule has 0 saturated heterocycles. The molecule has 0 radical (unpaired) electrons. The second-order valence-electron chi connectivity index (χ2n) is 3.01. The van der Waals surface area contributed by atoms with Crippen LogP contribution < -0.4 is 5.32 Å². The van der Waals surface area contributed by atoms with Crippen LogP contribution in [-0.2, 0) is 14.3 Å². The van der Waals surface area contributed by atoms with Crippen LogP contribution in [0.5, 0.6) is 0 Å². The normalized spacial score (nSPS) is 12.1. The van der Waals surface area contributed by atoms with E-state index in [9.17, 15) is 9.59 Å². The molecular weight excluding hydrogens is 218 g/mol. The van der Waals surface area contributed by atoms with Crippen molar-refractivity contribution >= 4 is 23.6 Å². The summed E-state index contributed by atoms with van der Waals surface area (Å²) in [5, 5.41) is 11.2. The molecule has 5 nitrogen and oxygen atoms in total. The van der Waals surface area contributed by atoms with E-state index in [4.69, 9.17) is 9.84 Å². The van der Waals surface area contributed by atoms with Gasteiger partial charge >= 0.3 is 5.97 Å². The fourth-order valence-electron chi connectivity index (χ4n) is 0.927. The van der Waals surface area contributed by atoms with Gasteiger partial charge in [-0.2, -0.15) is 11.8 Å². The van der Waals surface area contributed by atoms with Crippen molar-refractivity contribution < 1.29 is 19.4 Å². The van der Waals surface area contributed by atoms with Crippen LogP contribution in [0.25, 0.3) is 0 Å². The van der Waals surface area contributed by atoms with Crippen molar-refractivity contribution in [3.8, 4) is 0 Å². The van der Waals surface area contributed by atoms with E-state index in [1.807, 2.05) is 0 Å². The highest BCUT2D eigenvalue weighted by molar-refractivity contribution is 7.99. The second kappa shape index (κ2) is 8.55. The summed E-state index contributed by atoms with van der Waals surface area (Å²) in [6.07, 6.45) is 0.883. The molecule has 0 aromatic rings. The molecule has 2 N–H and O–H groups in total. The summed E-state index contributed by atoms with van der Waals surface area (Å²) in [6.45, 7) is 1.98. The summed E-state index contributed by atoms with van der Waals surface area (Å²) < 4.78 is 4.86. The number of carbonyl (C=O) groups is 2. The number of thioether (sulfide) groups is 1. The maximum atomic E-state index is 10.7. The minimum absolute atomic E-state index is 0.320. The first-order chi connectivity index (χ1) is 7.07. The lowest BCUT2D eigenvalue weighted by Gasteiger charge is -2.12. The van der Waals surface area contributed by atoms with Gasteiger partial charge in [0.15, 0.2) is 0 Å². The zero-order chi connectivity index (χ0) is 11.7. The largest absolute Gasteiger partial charge is 0.480 e. The van der Waals surface area contributed by atoms with E-state index in [1.165, 1.54) is 18.7 Å². The van der Waals surface area contributed by atoms with Gasteiger partial charge < -0.3 is 15.2 Å². The molecule has 0 aliphatic rings. The van der Waals surface area contributed by atoms with Gasteiger partial charge in [0, 0.05) is 26.4 Å². The molecule has 0 saturated carbocycles. The highest BCUT2D eigenvalue weighted by Gasteiger charge is 2.17. The number of ether oxygens (including phenoxy) is 1. The third-order valence-corrected chi connectivity index (χ3v) is 2.74. The highest BCUT2D eigenvalue weighted by atomic mass is 32.2. The van der Waals surface area contributed by atoms with E-state index in [-0.39, 0.29) is 5.91 Å². The van der Waals surface area contributed by atoms with Crippen LogP contribution in [0.3, 0.4) is 0 Å². The van der Waals surface area contributed by atoms with Crippen LogP contribution >= 0.6 is 11.8 Å². The van der Waals surface area contributed by atoms with E-state index < -0.39 is 12.0 Å². The molecule has 0 aliphatic carbocycles. The molecule has 6 heteroatoms. The lowest BCUT2D eigenvalue weighted by Crippen LogP contribution is -2.41. The number of carbonyl (C=O) groups excluding carboxylic acids is 1. The summed E-state index contributed by atoms with van der Waals surface area (Å²) in [5.74, 6) is -0.0973. The van der Waals surface area contributed by atoms with Crippen LogP contribution in [0, 0.1) is 0 Å². The van der Waals surface area contributed by atoms with Crippen LogP contribution in [0.1, 0.15) is 13.3 Å². The molecular formula is C9H17NO4S. The lowest BCUT2D eigenvalue weighted by molar-refractivity contribution is -0.140. The molecule has 88 valence electrons. The van der Waals surface area contributed by atoms with Crippen LogP contribution in [-0.4, -0.2) is 48.2 Å². The molecule has 1 amide bonds. The monoisotopic (exact) mass is 235 g/mol. The molecule has 0 spiro atoms. The van der Waals surface area contributed by atoms with E-state index in [2.05, 4.69) is 5.32 Å². The Balaban J connectivity index is 3.67. The minimum atomic E-state index is -0.996. The number of carboxylic acids is 1. The van der Waals surface area contributed by atoms with Gasteiger partial charge in [-0.3, -0.25) is 4.79 Å². The summed E-state index contributed by atoms with van der Waals surface area (Å²) in [4.78, 5) is 21.4. The molecule has 0 bridgehead atoms. The van der Waals surface area contributed by atoms with Crippen molar-refractivity contribution in [1.29, 1.82) is 0 Å². The summed E-state index contributed by atoms with van der Waals surface area (Å²) in [7, 11) is 1.63. The van der Waals surface area contributed by atoms with Gasteiger partial charge in [-0.25, -0.2) is 4.79 Å². The van der Waals surface area contributed by atoms with E-state index in [0.717, 1.165) is 12.2 Å². The van der Waals surface area contributed by atoms with Gasteiger partial charge in [0.05, 0.1) is 0 Å². The first-order valence-electron chi connectivity index (χ1n) is 4.64. The average molecular weight is 235 g/mol. The third kappa shape index (κ3) is 8.26. The topological polar surface area (TPSA) is 75.6 Å². The van der Waals surface area contributed by atoms with Gasteiger partial charge in [-0.1, -0.05) is 0 Å². The summed E-state index contributed by atoms with van der Waals surface area (Å²) in [6, 6.07) is -0.796. The van der Waals surface area contributed by atoms with Gasteiger partial charge in [0.25, 0.3) is 0 Å².